The van der Waals surface area contributed by atoms with Gasteiger partial charge in [-0.25, -0.2) is 4.79 Å². The highest BCUT2D eigenvalue weighted by Gasteiger charge is 2.13. The van der Waals surface area contributed by atoms with Crippen molar-refractivity contribution in [2.75, 3.05) is 6.61 Å². The van der Waals surface area contributed by atoms with E-state index >= 15 is 0 Å². The van der Waals surface area contributed by atoms with Crippen LogP contribution in [0.1, 0.15) is 37.0 Å². The molecule has 0 aliphatic rings. The Morgan fingerprint density at radius 1 is 1.53 bits per heavy atom. The highest BCUT2D eigenvalue weighted by molar-refractivity contribution is 5.90. The molecule has 1 rings (SSSR count). The second-order valence-electron chi connectivity index (χ2n) is 4.22. The molecule has 2 N–H and O–H groups in total. The Hall–Kier alpha value is -2.11. The van der Waals surface area contributed by atoms with Gasteiger partial charge in [-0.3, -0.25) is 9.78 Å². The number of amides is 1. The minimum absolute atomic E-state index is 0.00981. The van der Waals surface area contributed by atoms with E-state index in [-0.39, 0.29) is 29.9 Å². The lowest BCUT2D eigenvalue weighted by Crippen LogP contribution is -2.36. The third-order valence-electron chi connectivity index (χ3n) is 2.50. The van der Waals surface area contributed by atoms with Crippen LogP contribution in [-0.2, 0) is 4.79 Å². The van der Waals surface area contributed by atoms with Crippen LogP contribution in [0.2, 0.25) is 0 Å². The number of rotatable bonds is 7. The van der Waals surface area contributed by atoms with E-state index in [9.17, 15) is 9.59 Å². The number of carboxylic acids is 1. The second-order valence-corrected chi connectivity index (χ2v) is 4.22. The first-order valence-corrected chi connectivity index (χ1v) is 6.14. The molecular weight excluding hydrogens is 248 g/mol. The van der Waals surface area contributed by atoms with Crippen LogP contribution in [0.25, 0.3) is 0 Å². The van der Waals surface area contributed by atoms with Crippen molar-refractivity contribution in [2.45, 2.75) is 32.7 Å². The summed E-state index contributed by atoms with van der Waals surface area (Å²) in [5.41, 5.74) is -0.00981. The van der Waals surface area contributed by atoms with E-state index in [0.717, 1.165) is 12.8 Å². The molecule has 0 spiro atoms. The fraction of sp³-hybridized carbons (Fsp3) is 0.462. The number of hydrogen-bond acceptors (Lipinski definition) is 4. The Morgan fingerprint density at radius 3 is 2.89 bits per heavy atom. The van der Waals surface area contributed by atoms with E-state index in [1.165, 1.54) is 18.5 Å². The van der Waals surface area contributed by atoms with E-state index < -0.39 is 5.97 Å². The fourth-order valence-corrected chi connectivity index (χ4v) is 1.64. The molecule has 6 heteroatoms. The van der Waals surface area contributed by atoms with Gasteiger partial charge in [0.05, 0.1) is 6.20 Å². The van der Waals surface area contributed by atoms with Crippen LogP contribution < -0.4 is 10.1 Å². The lowest BCUT2D eigenvalue weighted by Gasteiger charge is -2.13. The SMILES string of the molecule is CCCC(C)NC(=O)COc1cnccc1C(=O)O. The number of carboxylic acid groups (broad SMARTS) is 1. The van der Waals surface area contributed by atoms with Crippen molar-refractivity contribution < 1.29 is 19.4 Å². The zero-order valence-electron chi connectivity index (χ0n) is 11.0. The monoisotopic (exact) mass is 266 g/mol. The summed E-state index contributed by atoms with van der Waals surface area (Å²) in [5.74, 6) is -1.30. The maximum absolute atomic E-state index is 11.6. The summed E-state index contributed by atoms with van der Waals surface area (Å²) in [4.78, 5) is 26.3. The molecule has 6 nitrogen and oxygen atoms in total. The number of nitrogens with zero attached hydrogens (tertiary/aromatic N) is 1. The van der Waals surface area contributed by atoms with Crippen LogP contribution in [0.5, 0.6) is 5.75 Å². The molecule has 0 aliphatic heterocycles. The second kappa shape index (κ2) is 7.35. The highest BCUT2D eigenvalue weighted by atomic mass is 16.5. The minimum Gasteiger partial charge on any atom is -0.481 e. The van der Waals surface area contributed by atoms with E-state index in [2.05, 4.69) is 10.3 Å². The zero-order chi connectivity index (χ0) is 14.3. The summed E-state index contributed by atoms with van der Waals surface area (Å²) >= 11 is 0. The molecule has 1 unspecified atom stereocenters. The molecule has 1 aromatic rings. The van der Waals surface area contributed by atoms with Gasteiger partial charge in [0.1, 0.15) is 5.56 Å². The summed E-state index contributed by atoms with van der Waals surface area (Å²) in [6, 6.07) is 1.41. The molecule has 1 aromatic heterocycles. The Kier molecular flexibility index (Phi) is 5.78. The first-order valence-electron chi connectivity index (χ1n) is 6.14. The van der Waals surface area contributed by atoms with E-state index in [0.29, 0.717) is 0 Å². The van der Waals surface area contributed by atoms with E-state index in [4.69, 9.17) is 9.84 Å². The van der Waals surface area contributed by atoms with E-state index in [1.54, 1.807) is 0 Å². The summed E-state index contributed by atoms with van der Waals surface area (Å²) in [6.07, 6.45) is 4.51. The molecule has 1 amide bonds. The van der Waals surface area contributed by atoms with Gasteiger partial charge in [-0.2, -0.15) is 0 Å². The number of nitrogens with one attached hydrogen (secondary N) is 1. The van der Waals surface area contributed by atoms with Crippen molar-refractivity contribution in [3.05, 3.63) is 24.0 Å². The molecule has 19 heavy (non-hydrogen) atoms. The van der Waals surface area contributed by atoms with Gasteiger partial charge in [0.15, 0.2) is 12.4 Å². The summed E-state index contributed by atoms with van der Waals surface area (Å²) in [6.45, 7) is 3.72. The molecular formula is C13H18N2O4. The molecule has 0 fully saturated rings. The van der Waals surface area contributed by atoms with Gasteiger partial charge in [-0.05, 0) is 19.4 Å². The lowest BCUT2D eigenvalue weighted by molar-refractivity contribution is -0.123. The molecule has 1 atom stereocenters. The molecule has 104 valence electrons. The molecule has 0 saturated carbocycles. The Morgan fingerprint density at radius 2 is 2.26 bits per heavy atom. The van der Waals surface area contributed by atoms with Crippen molar-refractivity contribution in [2.24, 2.45) is 0 Å². The van der Waals surface area contributed by atoms with Crippen LogP contribution in [0.4, 0.5) is 0 Å². The van der Waals surface area contributed by atoms with Crippen LogP contribution in [0, 0.1) is 0 Å². The molecule has 0 saturated heterocycles. The van der Waals surface area contributed by atoms with E-state index in [1.807, 2.05) is 13.8 Å². The molecule has 0 radical (unpaired) electrons. The maximum atomic E-state index is 11.6. The van der Waals surface area contributed by atoms with Gasteiger partial charge in [-0.15, -0.1) is 0 Å². The zero-order valence-corrected chi connectivity index (χ0v) is 11.0. The maximum Gasteiger partial charge on any atom is 0.339 e. The number of pyridine rings is 1. The smallest absolute Gasteiger partial charge is 0.339 e. The largest absolute Gasteiger partial charge is 0.481 e. The van der Waals surface area contributed by atoms with Gasteiger partial charge in [0, 0.05) is 12.2 Å². The first-order chi connectivity index (χ1) is 9.04. The van der Waals surface area contributed by atoms with Crippen LogP contribution >= 0.6 is 0 Å². The number of carbonyl (C=O) groups excluding carboxylic acids is 1. The molecule has 0 aliphatic carbocycles. The Labute approximate surface area is 111 Å². The third-order valence-corrected chi connectivity index (χ3v) is 2.50. The Balaban J connectivity index is 2.53. The lowest BCUT2D eigenvalue weighted by atomic mass is 10.2. The predicted molar refractivity (Wildman–Crippen MR) is 69.2 cm³/mol. The van der Waals surface area contributed by atoms with Crippen LogP contribution in [-0.4, -0.2) is 34.6 Å². The average molecular weight is 266 g/mol. The average Bonchev–Trinajstić information content (AvgIpc) is 2.36. The number of hydrogen-bond donors (Lipinski definition) is 2. The van der Waals surface area contributed by atoms with Crippen LogP contribution in [0.3, 0.4) is 0 Å². The topological polar surface area (TPSA) is 88.5 Å². The van der Waals surface area contributed by atoms with Crippen molar-refractivity contribution in [1.29, 1.82) is 0 Å². The summed E-state index contributed by atoms with van der Waals surface area (Å²) in [7, 11) is 0. The number of aromatic nitrogens is 1. The van der Waals surface area contributed by atoms with Gasteiger partial charge in [0.25, 0.3) is 5.91 Å². The highest BCUT2D eigenvalue weighted by Crippen LogP contribution is 2.15. The van der Waals surface area contributed by atoms with Gasteiger partial charge in [0.2, 0.25) is 0 Å². The van der Waals surface area contributed by atoms with Gasteiger partial charge < -0.3 is 15.2 Å². The minimum atomic E-state index is -1.11. The number of ether oxygens (including phenoxy) is 1. The predicted octanol–water partition coefficient (Wildman–Crippen LogP) is 1.46. The number of carbonyl (C=O) groups is 2. The first kappa shape index (κ1) is 14.9. The van der Waals surface area contributed by atoms with Crippen molar-refractivity contribution in [1.82, 2.24) is 10.3 Å². The van der Waals surface area contributed by atoms with Crippen molar-refractivity contribution in [3.63, 3.8) is 0 Å². The molecule has 0 bridgehead atoms. The summed E-state index contributed by atoms with van der Waals surface area (Å²) < 4.78 is 5.18. The van der Waals surface area contributed by atoms with Crippen molar-refractivity contribution in [3.8, 4) is 5.75 Å². The van der Waals surface area contributed by atoms with Gasteiger partial charge in [-0.1, -0.05) is 13.3 Å². The third kappa shape index (κ3) is 4.95. The summed E-state index contributed by atoms with van der Waals surface area (Å²) in [5, 5.41) is 11.7. The number of aromatic carboxylic acids is 1. The van der Waals surface area contributed by atoms with Crippen molar-refractivity contribution >= 4 is 11.9 Å². The molecule has 0 aromatic carbocycles. The molecule has 1 heterocycles. The van der Waals surface area contributed by atoms with Gasteiger partial charge >= 0.3 is 5.97 Å². The quantitative estimate of drug-likeness (QED) is 0.780. The standard InChI is InChI=1S/C13H18N2O4/c1-3-4-9(2)15-12(16)8-19-11-7-14-6-5-10(11)13(17)18/h5-7,9H,3-4,8H2,1-2H3,(H,15,16)(H,17,18). The fourth-order valence-electron chi connectivity index (χ4n) is 1.64. The van der Waals surface area contributed by atoms with Crippen LogP contribution in [0.15, 0.2) is 18.5 Å². The Bertz CT molecular complexity index is 448. The normalized spacial score (nSPS) is 11.7.